The zero-order chi connectivity index (χ0) is 38.4. The van der Waals surface area contributed by atoms with E-state index in [9.17, 15) is 0 Å². The van der Waals surface area contributed by atoms with Crippen molar-refractivity contribution >= 4 is 60.5 Å². The quantitative estimate of drug-likeness (QED) is 0.151. The summed E-state index contributed by atoms with van der Waals surface area (Å²) in [5.41, 5.74) is 14.4. The van der Waals surface area contributed by atoms with Gasteiger partial charge in [-0.15, -0.1) is 0 Å². The maximum Gasteiger partial charge on any atom is 0.136 e. The molecule has 0 bridgehead atoms. The van der Waals surface area contributed by atoms with E-state index in [0.29, 0.717) is 0 Å². The smallest absolute Gasteiger partial charge is 0.136 e. The fourth-order valence-electron chi connectivity index (χ4n) is 8.72. The summed E-state index contributed by atoms with van der Waals surface area (Å²) in [5.74, 6) is 0. The van der Waals surface area contributed by atoms with Crippen LogP contribution in [0.15, 0.2) is 229 Å². The van der Waals surface area contributed by atoms with Gasteiger partial charge in [-0.2, -0.15) is 0 Å². The number of hydrogen-bond donors (Lipinski definition) is 0. The van der Waals surface area contributed by atoms with Crippen LogP contribution in [0.2, 0.25) is 0 Å². The number of fused-ring (bicyclic) bond motifs is 6. The first-order chi connectivity index (χ1) is 28.8. The normalized spacial score (nSPS) is 11.4. The van der Waals surface area contributed by atoms with Crippen LogP contribution in [0.3, 0.4) is 0 Å². The van der Waals surface area contributed by atoms with Gasteiger partial charge in [0.1, 0.15) is 11.2 Å². The lowest BCUT2D eigenvalue weighted by Crippen LogP contribution is -2.10. The second-order valence-corrected chi connectivity index (χ2v) is 14.9. The molecule has 0 saturated carbocycles. The van der Waals surface area contributed by atoms with E-state index in [-0.39, 0.29) is 0 Å². The Morgan fingerprint density at radius 3 is 1.50 bits per heavy atom. The van der Waals surface area contributed by atoms with Crippen molar-refractivity contribution in [3.05, 3.63) is 224 Å². The highest BCUT2D eigenvalue weighted by Gasteiger charge is 2.22. The van der Waals surface area contributed by atoms with Crippen molar-refractivity contribution in [3.63, 3.8) is 0 Å². The van der Waals surface area contributed by atoms with Crippen LogP contribution in [-0.2, 0) is 0 Å². The van der Waals surface area contributed by atoms with E-state index in [1.54, 1.807) is 0 Å². The molecule has 0 atom stereocenters. The molecule has 0 unspecified atom stereocenters. The van der Waals surface area contributed by atoms with E-state index in [0.717, 1.165) is 50.1 Å². The summed E-state index contributed by atoms with van der Waals surface area (Å²) < 4.78 is 6.56. The van der Waals surface area contributed by atoms with Crippen LogP contribution in [0.4, 0.5) is 17.1 Å². The molecule has 0 fully saturated rings. The second kappa shape index (κ2) is 14.1. The number of nitrogens with zero attached hydrogens (tertiary/aromatic N) is 1. The van der Waals surface area contributed by atoms with Gasteiger partial charge in [0.2, 0.25) is 0 Å². The average molecular weight is 740 g/mol. The van der Waals surface area contributed by atoms with Crippen LogP contribution in [0.1, 0.15) is 0 Å². The number of rotatable bonds is 7. The summed E-state index contributed by atoms with van der Waals surface area (Å²) in [6.07, 6.45) is 0. The van der Waals surface area contributed by atoms with E-state index in [1.165, 1.54) is 54.9 Å². The number of benzene rings is 10. The Kier molecular flexibility index (Phi) is 8.19. The Hall–Kier alpha value is -7.68. The minimum absolute atomic E-state index is 0.881. The van der Waals surface area contributed by atoms with Gasteiger partial charge in [0, 0.05) is 33.4 Å². The first-order valence-corrected chi connectivity index (χ1v) is 19.8. The lowest BCUT2D eigenvalue weighted by molar-refractivity contribution is 0.669. The van der Waals surface area contributed by atoms with Crippen molar-refractivity contribution in [2.24, 2.45) is 0 Å². The zero-order valence-electron chi connectivity index (χ0n) is 31.7. The van der Waals surface area contributed by atoms with E-state index in [4.69, 9.17) is 4.42 Å². The third kappa shape index (κ3) is 5.82. The first-order valence-electron chi connectivity index (χ1n) is 19.8. The van der Waals surface area contributed by atoms with Gasteiger partial charge in [0.15, 0.2) is 0 Å². The molecule has 11 rings (SSSR count). The third-order valence-electron chi connectivity index (χ3n) is 11.5. The molecular weight excluding hydrogens is 703 g/mol. The van der Waals surface area contributed by atoms with Crippen molar-refractivity contribution in [3.8, 4) is 44.5 Å². The van der Waals surface area contributed by atoms with Gasteiger partial charge in [0.05, 0.1) is 0 Å². The largest absolute Gasteiger partial charge is 0.456 e. The number of anilines is 3. The van der Waals surface area contributed by atoms with Gasteiger partial charge in [-0.3, -0.25) is 0 Å². The Balaban J connectivity index is 1.13. The van der Waals surface area contributed by atoms with Crippen LogP contribution in [0.5, 0.6) is 0 Å². The van der Waals surface area contributed by atoms with Gasteiger partial charge < -0.3 is 9.32 Å². The standard InChI is InChI=1S/C56H37NO/c1-3-14-38(15-4-1)40-26-30-44(31-27-40)57(45-32-28-41(29-33-45)39-16-5-2-6-17-39)46-20-13-19-42(36-46)48-34-35-54-56(51-24-11-12-25-53(51)58-54)55(48)52-37-43-18-7-8-21-47(43)49-22-9-10-23-50(49)52/h1-37H. The molecule has 2 nitrogen and oxygen atoms in total. The van der Waals surface area contributed by atoms with E-state index >= 15 is 0 Å². The summed E-state index contributed by atoms with van der Waals surface area (Å²) in [4.78, 5) is 2.37. The monoisotopic (exact) mass is 739 g/mol. The fraction of sp³-hybridized carbons (Fsp3) is 0. The zero-order valence-corrected chi connectivity index (χ0v) is 31.7. The summed E-state index contributed by atoms with van der Waals surface area (Å²) >= 11 is 0. The molecule has 0 saturated heterocycles. The van der Waals surface area contributed by atoms with Gasteiger partial charge in [-0.1, -0.05) is 170 Å². The van der Waals surface area contributed by atoms with Crippen LogP contribution < -0.4 is 4.90 Å². The van der Waals surface area contributed by atoms with Crippen molar-refractivity contribution in [2.75, 3.05) is 4.90 Å². The molecule has 10 aromatic carbocycles. The Labute approximate surface area is 337 Å². The Morgan fingerprint density at radius 2 is 0.828 bits per heavy atom. The Bertz CT molecular complexity index is 3170. The van der Waals surface area contributed by atoms with E-state index < -0.39 is 0 Å². The van der Waals surface area contributed by atoms with Crippen molar-refractivity contribution in [1.29, 1.82) is 0 Å². The van der Waals surface area contributed by atoms with E-state index in [2.05, 4.69) is 223 Å². The molecule has 2 heteroatoms. The SMILES string of the molecule is c1ccc(-c2ccc(N(c3ccc(-c4ccccc4)cc3)c3cccc(-c4ccc5oc6ccccc6c5c4-c4cc5ccccc5c5ccccc45)c3)cc2)cc1. The minimum Gasteiger partial charge on any atom is -0.456 e. The van der Waals surface area contributed by atoms with Crippen LogP contribution in [-0.4, -0.2) is 0 Å². The van der Waals surface area contributed by atoms with Gasteiger partial charge in [-0.25, -0.2) is 0 Å². The third-order valence-corrected chi connectivity index (χ3v) is 11.5. The molecule has 11 aromatic rings. The summed E-state index contributed by atoms with van der Waals surface area (Å²) in [6.45, 7) is 0. The van der Waals surface area contributed by atoms with Gasteiger partial charge in [-0.05, 0) is 115 Å². The Morgan fingerprint density at radius 1 is 0.293 bits per heavy atom. The molecule has 1 aromatic heterocycles. The summed E-state index contributed by atoms with van der Waals surface area (Å²) in [5, 5.41) is 7.16. The van der Waals surface area contributed by atoms with Crippen molar-refractivity contribution < 1.29 is 4.42 Å². The summed E-state index contributed by atoms with van der Waals surface area (Å²) in [6, 6.07) is 80.7. The number of hydrogen-bond acceptors (Lipinski definition) is 2. The topological polar surface area (TPSA) is 16.4 Å². The van der Waals surface area contributed by atoms with E-state index in [1.807, 2.05) is 6.07 Å². The van der Waals surface area contributed by atoms with Crippen LogP contribution >= 0.6 is 0 Å². The highest BCUT2D eigenvalue weighted by Crippen LogP contribution is 2.47. The molecule has 1 heterocycles. The molecule has 272 valence electrons. The lowest BCUT2D eigenvalue weighted by atomic mass is 9.86. The second-order valence-electron chi connectivity index (χ2n) is 14.9. The maximum atomic E-state index is 6.56. The highest BCUT2D eigenvalue weighted by molar-refractivity contribution is 6.22. The molecular formula is C56H37NO. The first kappa shape index (κ1) is 33.6. The molecule has 0 N–H and O–H groups in total. The number of para-hydroxylation sites is 1. The highest BCUT2D eigenvalue weighted by atomic mass is 16.3. The predicted molar refractivity (Wildman–Crippen MR) is 245 cm³/mol. The molecule has 0 spiro atoms. The molecule has 0 radical (unpaired) electrons. The molecule has 0 aliphatic rings. The predicted octanol–water partition coefficient (Wildman–Crippen LogP) is 16.0. The van der Waals surface area contributed by atoms with Crippen molar-refractivity contribution in [1.82, 2.24) is 0 Å². The fourth-order valence-corrected chi connectivity index (χ4v) is 8.72. The van der Waals surface area contributed by atoms with Gasteiger partial charge >= 0.3 is 0 Å². The maximum absolute atomic E-state index is 6.56. The minimum atomic E-state index is 0.881. The van der Waals surface area contributed by atoms with Crippen LogP contribution in [0, 0.1) is 0 Å². The number of furan rings is 1. The summed E-state index contributed by atoms with van der Waals surface area (Å²) in [7, 11) is 0. The molecule has 0 aliphatic heterocycles. The lowest BCUT2D eigenvalue weighted by Gasteiger charge is -2.27. The molecule has 58 heavy (non-hydrogen) atoms. The van der Waals surface area contributed by atoms with Crippen LogP contribution in [0.25, 0.3) is 88.0 Å². The molecule has 0 amide bonds. The van der Waals surface area contributed by atoms with Crippen molar-refractivity contribution in [2.45, 2.75) is 0 Å². The van der Waals surface area contributed by atoms with Gasteiger partial charge in [0.25, 0.3) is 0 Å². The average Bonchev–Trinajstić information content (AvgIpc) is 3.69. The molecule has 0 aliphatic carbocycles.